The molecular weight excluding hydrogens is 541 g/mol. The minimum Gasteiger partial charge on any atom is -0.449 e. The van der Waals surface area contributed by atoms with Crippen LogP contribution in [-0.4, -0.2) is 37.0 Å². The van der Waals surface area contributed by atoms with Gasteiger partial charge in [0.25, 0.3) is 5.91 Å². The van der Waals surface area contributed by atoms with Gasteiger partial charge in [0.05, 0.1) is 12.1 Å². The van der Waals surface area contributed by atoms with Crippen LogP contribution in [0.1, 0.15) is 52.8 Å². The summed E-state index contributed by atoms with van der Waals surface area (Å²) in [4.78, 5) is 18.0. The van der Waals surface area contributed by atoms with E-state index in [9.17, 15) is 18.0 Å². The van der Waals surface area contributed by atoms with Gasteiger partial charge in [-0.05, 0) is 77.2 Å². The first-order valence-electron chi connectivity index (χ1n) is 13.8. The van der Waals surface area contributed by atoms with E-state index in [0.717, 1.165) is 55.3 Å². The molecule has 0 unspecified atom stereocenters. The van der Waals surface area contributed by atoms with Crippen molar-refractivity contribution in [3.63, 3.8) is 0 Å². The predicted octanol–water partition coefficient (Wildman–Crippen LogP) is 7.53. The number of carbonyl (C=O) groups is 1. The summed E-state index contributed by atoms with van der Waals surface area (Å²) in [6.45, 7) is 7.99. The zero-order chi connectivity index (χ0) is 29.9. The number of benzene rings is 3. The molecule has 0 aliphatic carbocycles. The Hall–Kier alpha value is -4.55. The molecule has 9 heteroatoms. The number of halogens is 3. The number of anilines is 2. The van der Waals surface area contributed by atoms with Crippen molar-refractivity contribution in [2.24, 2.45) is 0 Å². The number of alkyl halides is 3. The van der Waals surface area contributed by atoms with Gasteiger partial charge < -0.3 is 14.6 Å². The third kappa shape index (κ3) is 6.50. The van der Waals surface area contributed by atoms with Gasteiger partial charge in [-0.2, -0.15) is 18.4 Å². The molecule has 1 fully saturated rings. The number of nitriles is 1. The highest BCUT2D eigenvalue weighted by molar-refractivity contribution is 6.09. The number of nitrogens with zero attached hydrogens (tertiary/aromatic N) is 3. The van der Waals surface area contributed by atoms with E-state index in [1.807, 2.05) is 56.3 Å². The molecule has 1 saturated heterocycles. The Kier molecular flexibility index (Phi) is 8.36. The van der Waals surface area contributed by atoms with Crippen molar-refractivity contribution in [3.05, 3.63) is 107 Å². The van der Waals surface area contributed by atoms with Crippen molar-refractivity contribution in [2.75, 3.05) is 36.4 Å². The van der Waals surface area contributed by atoms with Crippen molar-refractivity contribution in [3.8, 4) is 17.2 Å². The lowest BCUT2D eigenvalue weighted by Gasteiger charge is -2.35. The van der Waals surface area contributed by atoms with Gasteiger partial charge in [0.1, 0.15) is 11.8 Å². The third-order valence-electron chi connectivity index (χ3n) is 7.48. The lowest BCUT2D eigenvalue weighted by molar-refractivity contribution is -0.137. The van der Waals surface area contributed by atoms with Gasteiger partial charge in [0.15, 0.2) is 0 Å². The van der Waals surface area contributed by atoms with Crippen LogP contribution in [0.5, 0.6) is 0 Å². The Labute approximate surface area is 243 Å². The minimum absolute atomic E-state index is 0.0592. The maximum Gasteiger partial charge on any atom is 0.416 e. The number of amides is 1. The van der Waals surface area contributed by atoms with Crippen molar-refractivity contribution in [1.82, 2.24) is 4.90 Å². The van der Waals surface area contributed by atoms with E-state index in [0.29, 0.717) is 34.7 Å². The monoisotopic (exact) mass is 572 g/mol. The third-order valence-corrected chi connectivity index (χ3v) is 7.48. The second kappa shape index (κ2) is 12.1. The number of rotatable bonds is 7. The average molecular weight is 573 g/mol. The molecule has 42 heavy (non-hydrogen) atoms. The summed E-state index contributed by atoms with van der Waals surface area (Å²) in [7, 11) is 0. The normalized spacial score (nSPS) is 14.2. The van der Waals surface area contributed by atoms with Crippen molar-refractivity contribution < 1.29 is 22.4 Å². The summed E-state index contributed by atoms with van der Waals surface area (Å²) < 4.78 is 45.0. The Morgan fingerprint density at radius 3 is 2.24 bits per heavy atom. The summed E-state index contributed by atoms with van der Waals surface area (Å²) in [6.07, 6.45) is -4.43. The number of hydrogen-bond acceptors (Lipinski definition) is 5. The average Bonchev–Trinajstić information content (AvgIpc) is 3.44. The largest absolute Gasteiger partial charge is 0.449 e. The maximum atomic E-state index is 13.5. The molecule has 0 atom stereocenters. The van der Waals surface area contributed by atoms with E-state index in [1.165, 1.54) is 12.1 Å². The summed E-state index contributed by atoms with van der Waals surface area (Å²) in [6, 6.07) is 23.5. The Bertz CT molecular complexity index is 1580. The molecule has 1 aliphatic rings. The summed E-state index contributed by atoms with van der Waals surface area (Å²) in [5, 5.41) is 11.9. The fourth-order valence-corrected chi connectivity index (χ4v) is 5.25. The molecule has 1 aromatic heterocycles. The molecule has 1 amide bonds. The SMILES string of the molecule is CC(C)c1cccc(C(=O)Nc2ccc(N3CCN(Cc4ccc(C#N)o4)CC3)cc2)c1-c1ccc(C(F)(F)F)cc1. The molecule has 1 aliphatic heterocycles. The van der Waals surface area contributed by atoms with Gasteiger partial charge >= 0.3 is 6.18 Å². The molecule has 4 aromatic rings. The molecule has 3 aromatic carbocycles. The summed E-state index contributed by atoms with van der Waals surface area (Å²) in [5.41, 5.74) is 3.42. The van der Waals surface area contributed by atoms with Crippen LogP contribution in [0.15, 0.2) is 83.3 Å². The van der Waals surface area contributed by atoms with Crippen LogP contribution in [0.25, 0.3) is 11.1 Å². The molecule has 0 bridgehead atoms. The number of nitrogens with one attached hydrogen (secondary N) is 1. The van der Waals surface area contributed by atoms with Crippen LogP contribution in [0.3, 0.4) is 0 Å². The molecule has 0 saturated carbocycles. The van der Waals surface area contributed by atoms with Gasteiger partial charge in [0, 0.05) is 43.1 Å². The lowest BCUT2D eigenvalue weighted by atomic mass is 9.88. The zero-order valence-electron chi connectivity index (χ0n) is 23.4. The standard InChI is InChI=1S/C33H31F3N4O2/c1-22(2)29-4-3-5-30(31(29)23-6-8-24(9-7-23)33(34,35)36)32(41)38-25-10-12-26(13-11-25)40-18-16-39(17-19-40)21-28-15-14-27(20-37)42-28/h3-15,22H,16-19,21H2,1-2H3,(H,38,41). The fraction of sp³-hybridized carbons (Fsp3) is 0.273. The molecule has 2 heterocycles. The maximum absolute atomic E-state index is 13.5. The van der Waals surface area contributed by atoms with Gasteiger partial charge in [-0.15, -0.1) is 0 Å². The van der Waals surface area contributed by atoms with Crippen LogP contribution < -0.4 is 10.2 Å². The van der Waals surface area contributed by atoms with E-state index < -0.39 is 11.7 Å². The number of carbonyl (C=O) groups excluding carboxylic acids is 1. The minimum atomic E-state index is -4.43. The lowest BCUT2D eigenvalue weighted by Crippen LogP contribution is -2.45. The van der Waals surface area contributed by atoms with E-state index in [1.54, 1.807) is 18.2 Å². The van der Waals surface area contributed by atoms with Crippen LogP contribution >= 0.6 is 0 Å². The van der Waals surface area contributed by atoms with Gasteiger partial charge in [0.2, 0.25) is 5.76 Å². The predicted molar refractivity (Wildman–Crippen MR) is 156 cm³/mol. The van der Waals surface area contributed by atoms with Crippen molar-refractivity contribution in [2.45, 2.75) is 32.5 Å². The highest BCUT2D eigenvalue weighted by Gasteiger charge is 2.30. The Balaban J connectivity index is 1.27. The highest BCUT2D eigenvalue weighted by Crippen LogP contribution is 2.36. The number of furan rings is 1. The van der Waals surface area contributed by atoms with Crippen LogP contribution in [0.4, 0.5) is 24.5 Å². The first-order valence-corrected chi connectivity index (χ1v) is 13.8. The molecule has 0 spiro atoms. The molecule has 0 radical (unpaired) electrons. The summed E-state index contributed by atoms with van der Waals surface area (Å²) in [5.74, 6) is 0.829. The zero-order valence-corrected chi connectivity index (χ0v) is 23.4. The summed E-state index contributed by atoms with van der Waals surface area (Å²) >= 11 is 0. The first kappa shape index (κ1) is 29.0. The van der Waals surface area contributed by atoms with Gasteiger partial charge in [-0.3, -0.25) is 9.69 Å². The Morgan fingerprint density at radius 1 is 0.952 bits per heavy atom. The van der Waals surface area contributed by atoms with Crippen LogP contribution in [-0.2, 0) is 12.7 Å². The van der Waals surface area contributed by atoms with Gasteiger partial charge in [-0.1, -0.05) is 38.1 Å². The van der Waals surface area contributed by atoms with Crippen molar-refractivity contribution in [1.29, 1.82) is 5.26 Å². The van der Waals surface area contributed by atoms with E-state index >= 15 is 0 Å². The van der Waals surface area contributed by atoms with Crippen LogP contribution in [0.2, 0.25) is 0 Å². The van der Waals surface area contributed by atoms with Crippen molar-refractivity contribution >= 4 is 17.3 Å². The first-order chi connectivity index (χ1) is 20.1. The molecule has 1 N–H and O–H groups in total. The number of hydrogen-bond donors (Lipinski definition) is 1. The van der Waals surface area contributed by atoms with E-state index in [4.69, 9.17) is 9.68 Å². The Morgan fingerprint density at radius 2 is 1.64 bits per heavy atom. The highest BCUT2D eigenvalue weighted by atomic mass is 19.4. The van der Waals surface area contributed by atoms with Crippen LogP contribution in [0, 0.1) is 11.3 Å². The molecule has 6 nitrogen and oxygen atoms in total. The quantitative estimate of drug-likeness (QED) is 0.248. The second-order valence-corrected chi connectivity index (χ2v) is 10.6. The van der Waals surface area contributed by atoms with Gasteiger partial charge in [-0.25, -0.2) is 0 Å². The second-order valence-electron chi connectivity index (χ2n) is 10.6. The smallest absolute Gasteiger partial charge is 0.416 e. The molecule has 5 rings (SSSR count). The fourth-order valence-electron chi connectivity index (χ4n) is 5.25. The van der Waals surface area contributed by atoms with E-state index in [2.05, 4.69) is 15.1 Å². The molecular formula is C33H31F3N4O2. The number of piperazine rings is 1. The van der Waals surface area contributed by atoms with E-state index in [-0.39, 0.29) is 11.8 Å². The topological polar surface area (TPSA) is 72.5 Å². The molecule has 216 valence electrons.